The molecule has 1 heterocycles. The summed E-state index contributed by atoms with van der Waals surface area (Å²) in [6.07, 6.45) is 1.61. The Kier molecular flexibility index (Phi) is 2.60. The summed E-state index contributed by atoms with van der Waals surface area (Å²) in [5.41, 5.74) is 1.94. The van der Waals surface area contributed by atoms with Crippen LogP contribution in [0.1, 0.15) is 23.8 Å². The highest BCUT2D eigenvalue weighted by molar-refractivity contribution is 5.80. The third-order valence-corrected chi connectivity index (χ3v) is 2.48. The zero-order valence-corrected chi connectivity index (χ0v) is 8.73. The van der Waals surface area contributed by atoms with Crippen molar-refractivity contribution in [2.24, 2.45) is 0 Å². The van der Waals surface area contributed by atoms with Gasteiger partial charge < -0.3 is 9.52 Å². The second kappa shape index (κ2) is 3.91. The van der Waals surface area contributed by atoms with Gasteiger partial charge in [-0.1, -0.05) is 24.3 Å². The maximum Gasteiger partial charge on any atom is 0.137 e. The van der Waals surface area contributed by atoms with Crippen LogP contribution in [-0.4, -0.2) is 5.11 Å². The molecule has 0 amide bonds. The number of aliphatic hydroxyl groups excluding tert-OH is 1. The van der Waals surface area contributed by atoms with Crippen LogP contribution in [0.15, 0.2) is 41.3 Å². The van der Waals surface area contributed by atoms with E-state index < -0.39 is 6.10 Å². The van der Waals surface area contributed by atoms with E-state index in [1.807, 2.05) is 31.2 Å². The van der Waals surface area contributed by atoms with Crippen molar-refractivity contribution in [2.45, 2.75) is 19.4 Å². The summed E-state index contributed by atoms with van der Waals surface area (Å²) < 4.78 is 5.62. The van der Waals surface area contributed by atoms with Gasteiger partial charge in [0.15, 0.2) is 0 Å². The molecule has 0 bridgehead atoms. The fourth-order valence-electron chi connectivity index (χ4n) is 1.67. The third kappa shape index (κ3) is 1.81. The van der Waals surface area contributed by atoms with Crippen LogP contribution in [-0.2, 0) is 0 Å². The largest absolute Gasteiger partial charge is 0.458 e. The van der Waals surface area contributed by atoms with Crippen LogP contribution in [0.2, 0.25) is 0 Å². The standard InChI is InChI=1S/C13H14O2/c1-3-5-11(14)12-8-10-7-4-6-9(2)13(10)15-12/h3-4,6-8,11,14H,1,5H2,2H3. The van der Waals surface area contributed by atoms with Crippen LogP contribution in [0.3, 0.4) is 0 Å². The van der Waals surface area contributed by atoms with E-state index in [2.05, 4.69) is 6.58 Å². The Morgan fingerprint density at radius 2 is 2.33 bits per heavy atom. The first-order valence-electron chi connectivity index (χ1n) is 5.00. The van der Waals surface area contributed by atoms with Crippen molar-refractivity contribution >= 4 is 11.0 Å². The van der Waals surface area contributed by atoms with E-state index in [0.717, 1.165) is 16.5 Å². The van der Waals surface area contributed by atoms with Gasteiger partial charge in [0.1, 0.15) is 17.4 Å². The molecule has 0 aliphatic heterocycles. The molecule has 1 atom stereocenters. The topological polar surface area (TPSA) is 33.4 Å². The molecule has 2 rings (SSSR count). The molecule has 2 heteroatoms. The third-order valence-electron chi connectivity index (χ3n) is 2.48. The molecule has 0 saturated heterocycles. The number of benzene rings is 1. The fraction of sp³-hybridized carbons (Fsp3) is 0.231. The molecule has 0 aliphatic rings. The Balaban J connectivity index is 2.47. The minimum absolute atomic E-state index is 0.513. The molecule has 1 unspecified atom stereocenters. The first-order chi connectivity index (χ1) is 7.22. The van der Waals surface area contributed by atoms with Crippen molar-refractivity contribution in [3.05, 3.63) is 48.2 Å². The average molecular weight is 202 g/mol. The Labute approximate surface area is 88.8 Å². The van der Waals surface area contributed by atoms with E-state index in [9.17, 15) is 5.11 Å². The summed E-state index contributed by atoms with van der Waals surface area (Å²) in [5.74, 6) is 0.610. The smallest absolute Gasteiger partial charge is 0.137 e. The van der Waals surface area contributed by atoms with Gasteiger partial charge >= 0.3 is 0 Å². The average Bonchev–Trinajstić information content (AvgIpc) is 2.63. The molecular weight excluding hydrogens is 188 g/mol. The molecule has 1 aromatic heterocycles. The number of aliphatic hydroxyl groups is 1. The van der Waals surface area contributed by atoms with E-state index in [0.29, 0.717) is 12.2 Å². The van der Waals surface area contributed by atoms with Gasteiger partial charge in [-0.05, 0) is 25.0 Å². The summed E-state index contributed by atoms with van der Waals surface area (Å²) in [6.45, 7) is 5.59. The van der Waals surface area contributed by atoms with Crippen LogP contribution in [0, 0.1) is 6.92 Å². The number of furan rings is 1. The lowest BCUT2D eigenvalue weighted by Crippen LogP contribution is -1.91. The number of fused-ring (bicyclic) bond motifs is 1. The number of para-hydroxylation sites is 1. The molecule has 2 aromatic rings. The highest BCUT2D eigenvalue weighted by atomic mass is 16.4. The molecule has 15 heavy (non-hydrogen) atoms. The summed E-state index contributed by atoms with van der Waals surface area (Å²) in [4.78, 5) is 0. The van der Waals surface area contributed by atoms with E-state index >= 15 is 0 Å². The molecule has 1 N–H and O–H groups in total. The lowest BCUT2D eigenvalue weighted by Gasteiger charge is -2.02. The number of rotatable bonds is 3. The van der Waals surface area contributed by atoms with Crippen LogP contribution in [0.4, 0.5) is 0 Å². The van der Waals surface area contributed by atoms with Crippen molar-refractivity contribution in [3.63, 3.8) is 0 Å². The van der Waals surface area contributed by atoms with Crippen molar-refractivity contribution in [2.75, 3.05) is 0 Å². The van der Waals surface area contributed by atoms with Crippen LogP contribution >= 0.6 is 0 Å². The van der Waals surface area contributed by atoms with Gasteiger partial charge in [0.2, 0.25) is 0 Å². The Morgan fingerprint density at radius 1 is 1.53 bits per heavy atom. The zero-order valence-electron chi connectivity index (χ0n) is 8.73. The number of hydrogen-bond donors (Lipinski definition) is 1. The Hall–Kier alpha value is -1.54. The first-order valence-corrected chi connectivity index (χ1v) is 5.00. The van der Waals surface area contributed by atoms with Crippen LogP contribution < -0.4 is 0 Å². The molecular formula is C13H14O2. The van der Waals surface area contributed by atoms with E-state index in [1.165, 1.54) is 0 Å². The van der Waals surface area contributed by atoms with Gasteiger partial charge in [-0.2, -0.15) is 0 Å². The van der Waals surface area contributed by atoms with Crippen molar-refractivity contribution in [1.29, 1.82) is 0 Å². The molecule has 0 saturated carbocycles. The molecule has 2 nitrogen and oxygen atoms in total. The minimum atomic E-state index is -0.589. The number of aryl methyl sites for hydroxylation is 1. The van der Waals surface area contributed by atoms with Crippen molar-refractivity contribution in [3.8, 4) is 0 Å². The molecule has 0 aliphatic carbocycles. The Bertz CT molecular complexity index is 482. The molecule has 1 aromatic carbocycles. The minimum Gasteiger partial charge on any atom is -0.458 e. The van der Waals surface area contributed by atoms with Crippen LogP contribution in [0.5, 0.6) is 0 Å². The molecule has 0 fully saturated rings. The normalized spacial score (nSPS) is 12.9. The van der Waals surface area contributed by atoms with Gasteiger partial charge in [0.05, 0.1) is 0 Å². The molecule has 0 radical (unpaired) electrons. The van der Waals surface area contributed by atoms with Gasteiger partial charge in [0, 0.05) is 5.39 Å². The van der Waals surface area contributed by atoms with Gasteiger partial charge in [-0.25, -0.2) is 0 Å². The summed E-state index contributed by atoms with van der Waals surface area (Å²) in [7, 11) is 0. The van der Waals surface area contributed by atoms with Gasteiger partial charge in [-0.3, -0.25) is 0 Å². The summed E-state index contributed by atoms with van der Waals surface area (Å²) in [6, 6.07) is 7.85. The zero-order chi connectivity index (χ0) is 10.8. The van der Waals surface area contributed by atoms with E-state index in [-0.39, 0.29) is 0 Å². The first kappa shape index (κ1) is 9.99. The predicted octanol–water partition coefficient (Wildman–Crippen LogP) is 3.35. The van der Waals surface area contributed by atoms with Crippen LogP contribution in [0.25, 0.3) is 11.0 Å². The second-order valence-corrected chi connectivity index (χ2v) is 3.68. The maximum atomic E-state index is 9.75. The summed E-state index contributed by atoms with van der Waals surface area (Å²) >= 11 is 0. The molecule has 0 spiro atoms. The second-order valence-electron chi connectivity index (χ2n) is 3.68. The van der Waals surface area contributed by atoms with Crippen molar-refractivity contribution < 1.29 is 9.52 Å². The monoisotopic (exact) mass is 202 g/mol. The SMILES string of the molecule is C=CCC(O)c1cc2cccc(C)c2o1. The number of hydrogen-bond acceptors (Lipinski definition) is 2. The lowest BCUT2D eigenvalue weighted by molar-refractivity contribution is 0.155. The predicted molar refractivity (Wildman–Crippen MR) is 60.7 cm³/mol. The molecule has 78 valence electrons. The maximum absolute atomic E-state index is 9.75. The lowest BCUT2D eigenvalue weighted by atomic mass is 10.1. The highest BCUT2D eigenvalue weighted by Gasteiger charge is 2.12. The van der Waals surface area contributed by atoms with Gasteiger partial charge in [-0.15, -0.1) is 6.58 Å². The highest BCUT2D eigenvalue weighted by Crippen LogP contribution is 2.27. The fourth-order valence-corrected chi connectivity index (χ4v) is 1.67. The van der Waals surface area contributed by atoms with E-state index in [4.69, 9.17) is 4.42 Å². The van der Waals surface area contributed by atoms with Gasteiger partial charge in [0.25, 0.3) is 0 Å². The van der Waals surface area contributed by atoms with Crippen molar-refractivity contribution in [1.82, 2.24) is 0 Å². The Morgan fingerprint density at radius 3 is 3.00 bits per heavy atom. The quantitative estimate of drug-likeness (QED) is 0.774. The summed E-state index contributed by atoms with van der Waals surface area (Å²) in [5, 5.41) is 10.8. The van der Waals surface area contributed by atoms with E-state index in [1.54, 1.807) is 6.08 Å².